The molecule has 26 heavy (non-hydrogen) atoms. The maximum Gasteiger partial charge on any atom is 0.354 e. The summed E-state index contributed by atoms with van der Waals surface area (Å²) in [6, 6.07) is 7.59. The van der Waals surface area contributed by atoms with Gasteiger partial charge in [-0.15, -0.1) is 0 Å². The first kappa shape index (κ1) is 25.5. The molecular formula is C14H10Mn2N2O8. The van der Waals surface area contributed by atoms with Crippen LogP contribution in [0.3, 0.4) is 0 Å². The Labute approximate surface area is 166 Å². The number of rotatable bonds is 4. The van der Waals surface area contributed by atoms with E-state index in [2.05, 4.69) is 9.97 Å². The molecule has 10 nitrogen and oxygen atoms in total. The fourth-order valence-electron chi connectivity index (χ4n) is 1.35. The van der Waals surface area contributed by atoms with Crippen molar-refractivity contribution in [2.45, 2.75) is 0 Å². The topological polar surface area (TPSA) is 175 Å². The van der Waals surface area contributed by atoms with Crippen LogP contribution in [-0.4, -0.2) is 54.3 Å². The zero-order valence-electron chi connectivity index (χ0n) is 12.5. The second-order valence-corrected chi connectivity index (χ2v) is 4.04. The Morgan fingerprint density at radius 1 is 0.538 bits per heavy atom. The Morgan fingerprint density at radius 3 is 0.885 bits per heavy atom. The van der Waals surface area contributed by atoms with Gasteiger partial charge in [-0.2, -0.15) is 0 Å². The molecule has 2 aromatic heterocycles. The van der Waals surface area contributed by atoms with Crippen LogP contribution >= 0.6 is 0 Å². The summed E-state index contributed by atoms with van der Waals surface area (Å²) in [5, 5.41) is 33.7. The summed E-state index contributed by atoms with van der Waals surface area (Å²) in [6.07, 6.45) is 0. The van der Waals surface area contributed by atoms with Crippen molar-refractivity contribution in [2.75, 3.05) is 0 Å². The van der Waals surface area contributed by atoms with E-state index in [1.807, 2.05) is 0 Å². The van der Waals surface area contributed by atoms with Crippen molar-refractivity contribution >= 4 is 23.9 Å². The molecule has 2 rings (SSSR count). The minimum Gasteiger partial charge on any atom is -0.477 e. The molecule has 0 amide bonds. The second-order valence-electron chi connectivity index (χ2n) is 4.04. The van der Waals surface area contributed by atoms with Gasteiger partial charge in [0.1, 0.15) is 22.8 Å². The molecule has 138 valence electrons. The Morgan fingerprint density at radius 2 is 0.731 bits per heavy atom. The van der Waals surface area contributed by atoms with E-state index in [0.29, 0.717) is 0 Å². The van der Waals surface area contributed by atoms with Gasteiger partial charge in [-0.1, -0.05) is 12.1 Å². The molecular weight excluding hydrogens is 434 g/mol. The number of pyridine rings is 2. The predicted octanol–water partition coefficient (Wildman–Crippen LogP) is 0.951. The van der Waals surface area contributed by atoms with Crippen molar-refractivity contribution in [2.24, 2.45) is 0 Å². The van der Waals surface area contributed by atoms with Crippen LogP contribution in [0.2, 0.25) is 0 Å². The molecule has 0 atom stereocenters. The molecule has 0 aliphatic heterocycles. The molecule has 2 aromatic rings. The van der Waals surface area contributed by atoms with Gasteiger partial charge in [0, 0.05) is 34.1 Å². The van der Waals surface area contributed by atoms with E-state index in [1.54, 1.807) is 0 Å². The van der Waals surface area contributed by atoms with Gasteiger partial charge in [-0.05, 0) is 24.3 Å². The first-order valence-electron chi connectivity index (χ1n) is 6.09. The van der Waals surface area contributed by atoms with E-state index in [0.717, 1.165) is 0 Å². The SMILES string of the molecule is O=C(O)c1cccc(C(=O)O)n1.O=C(O)c1cccc(C(=O)O)n1.[Mn].[Mn]. The number of carboxylic acids is 4. The molecule has 0 saturated carbocycles. The molecule has 0 aliphatic carbocycles. The summed E-state index contributed by atoms with van der Waals surface area (Å²) < 4.78 is 0. The van der Waals surface area contributed by atoms with Crippen LogP contribution in [-0.2, 0) is 34.1 Å². The molecule has 0 aliphatic rings. The standard InChI is InChI=1S/2C7H5NO4.2Mn/c2*9-6(10)4-2-1-3-5(8-4)7(11)12;;/h2*1-3H,(H,9,10)(H,11,12);;. The largest absolute Gasteiger partial charge is 0.477 e. The number of aromatic carboxylic acids is 4. The van der Waals surface area contributed by atoms with E-state index in [1.165, 1.54) is 36.4 Å². The molecule has 0 fully saturated rings. The third-order valence-corrected chi connectivity index (χ3v) is 2.37. The van der Waals surface area contributed by atoms with Crippen molar-refractivity contribution in [3.8, 4) is 0 Å². The third-order valence-electron chi connectivity index (χ3n) is 2.37. The third kappa shape index (κ3) is 7.86. The van der Waals surface area contributed by atoms with E-state index < -0.39 is 23.9 Å². The van der Waals surface area contributed by atoms with Crippen LogP contribution in [0.1, 0.15) is 42.0 Å². The zero-order valence-corrected chi connectivity index (χ0v) is 14.9. The fraction of sp³-hybridized carbons (Fsp3) is 0. The summed E-state index contributed by atoms with van der Waals surface area (Å²) >= 11 is 0. The van der Waals surface area contributed by atoms with Crippen LogP contribution in [0.5, 0.6) is 0 Å². The average molecular weight is 444 g/mol. The van der Waals surface area contributed by atoms with Gasteiger partial charge in [0.05, 0.1) is 0 Å². The van der Waals surface area contributed by atoms with Crippen LogP contribution in [0.4, 0.5) is 0 Å². The molecule has 0 unspecified atom stereocenters. The van der Waals surface area contributed by atoms with Gasteiger partial charge in [0.15, 0.2) is 0 Å². The Balaban J connectivity index is 0. The van der Waals surface area contributed by atoms with Gasteiger partial charge < -0.3 is 20.4 Å². The van der Waals surface area contributed by atoms with Gasteiger partial charge in [0.2, 0.25) is 0 Å². The second kappa shape index (κ2) is 11.7. The molecule has 2 heterocycles. The van der Waals surface area contributed by atoms with Crippen molar-refractivity contribution < 1.29 is 73.7 Å². The van der Waals surface area contributed by atoms with Crippen molar-refractivity contribution in [1.29, 1.82) is 0 Å². The number of nitrogens with zero attached hydrogens (tertiary/aromatic N) is 2. The monoisotopic (exact) mass is 444 g/mol. The predicted molar refractivity (Wildman–Crippen MR) is 76.3 cm³/mol. The molecule has 0 spiro atoms. The minimum absolute atomic E-state index is 0. The minimum atomic E-state index is -1.24. The molecule has 0 saturated heterocycles. The van der Waals surface area contributed by atoms with Crippen LogP contribution in [0.25, 0.3) is 0 Å². The zero-order chi connectivity index (χ0) is 18.3. The van der Waals surface area contributed by atoms with E-state index in [9.17, 15) is 19.2 Å². The van der Waals surface area contributed by atoms with E-state index in [-0.39, 0.29) is 56.9 Å². The van der Waals surface area contributed by atoms with Crippen molar-refractivity contribution in [3.63, 3.8) is 0 Å². The van der Waals surface area contributed by atoms with Gasteiger partial charge in [-0.3, -0.25) is 0 Å². The summed E-state index contributed by atoms with van der Waals surface area (Å²) in [5.41, 5.74) is -1.07. The van der Waals surface area contributed by atoms with E-state index >= 15 is 0 Å². The van der Waals surface area contributed by atoms with Gasteiger partial charge in [0.25, 0.3) is 0 Å². The number of carboxylic acid groups (broad SMARTS) is 4. The van der Waals surface area contributed by atoms with Gasteiger partial charge in [-0.25, -0.2) is 29.1 Å². The van der Waals surface area contributed by atoms with Crippen LogP contribution < -0.4 is 0 Å². The normalized spacial score (nSPS) is 8.62. The average Bonchev–Trinajstić information content (AvgIpc) is 2.55. The molecule has 4 N–H and O–H groups in total. The van der Waals surface area contributed by atoms with Crippen LogP contribution in [0, 0.1) is 0 Å². The van der Waals surface area contributed by atoms with Crippen LogP contribution in [0.15, 0.2) is 36.4 Å². The van der Waals surface area contributed by atoms with Crippen molar-refractivity contribution in [3.05, 3.63) is 59.2 Å². The maximum absolute atomic E-state index is 10.3. The molecule has 0 aromatic carbocycles. The summed E-state index contributed by atoms with van der Waals surface area (Å²) in [7, 11) is 0. The molecule has 2 radical (unpaired) electrons. The molecule has 12 heteroatoms. The summed E-state index contributed by atoms with van der Waals surface area (Å²) in [5.74, 6) is -4.95. The quantitative estimate of drug-likeness (QED) is 0.497. The number of carbonyl (C=O) groups is 4. The Hall–Kier alpha value is -2.78. The maximum atomic E-state index is 10.3. The Bertz CT molecular complexity index is 687. The number of hydrogen-bond acceptors (Lipinski definition) is 6. The van der Waals surface area contributed by atoms with Gasteiger partial charge >= 0.3 is 23.9 Å². The molecule has 0 bridgehead atoms. The van der Waals surface area contributed by atoms with Crippen molar-refractivity contribution in [1.82, 2.24) is 9.97 Å². The number of aromatic nitrogens is 2. The fourth-order valence-corrected chi connectivity index (χ4v) is 1.35. The summed E-state index contributed by atoms with van der Waals surface area (Å²) in [6.45, 7) is 0. The first-order valence-corrected chi connectivity index (χ1v) is 6.09. The Kier molecular flexibility index (Phi) is 11.5. The number of hydrogen-bond donors (Lipinski definition) is 4. The summed E-state index contributed by atoms with van der Waals surface area (Å²) in [4.78, 5) is 48.0. The first-order chi connectivity index (χ1) is 11.2. The van der Waals surface area contributed by atoms with E-state index in [4.69, 9.17) is 20.4 Å². The smallest absolute Gasteiger partial charge is 0.354 e.